The molecule has 0 aliphatic carbocycles. The van der Waals surface area contributed by atoms with Crippen LogP contribution in [0, 0.1) is 0 Å². The summed E-state index contributed by atoms with van der Waals surface area (Å²) in [6.07, 6.45) is 0. The van der Waals surface area contributed by atoms with Crippen molar-refractivity contribution >= 4 is 11.4 Å². The average molecular weight is 545 g/mol. The molecule has 0 radical (unpaired) electrons. The predicted molar refractivity (Wildman–Crippen MR) is 112 cm³/mol. The Kier molecular flexibility index (Phi) is 14.2. The molecular weight excluding hydrogens is 507 g/mol. The Balaban J connectivity index is -0.000000358. The van der Waals surface area contributed by atoms with E-state index in [-0.39, 0.29) is 40.7 Å². The first-order valence-electron chi connectivity index (χ1n) is 9.68. The molecule has 0 aliphatic rings. The SMILES string of the molecule is CC.CC.CC(=NCN=C(C)c1ccccc1O)c1ccccc1O.[2HH].[2H][2H].[Pt]. The van der Waals surface area contributed by atoms with E-state index in [4.69, 9.17) is 2.97 Å². The Hall–Kier alpha value is -1.93. The van der Waals surface area contributed by atoms with Crippen molar-refractivity contribution < 1.29 is 35.7 Å². The van der Waals surface area contributed by atoms with E-state index in [2.05, 4.69) is 9.98 Å². The van der Waals surface area contributed by atoms with Gasteiger partial charge in [0.15, 0.2) is 0 Å². The van der Waals surface area contributed by atoms with Gasteiger partial charge < -0.3 is 10.2 Å². The fourth-order valence-corrected chi connectivity index (χ4v) is 1.98. The summed E-state index contributed by atoms with van der Waals surface area (Å²) < 4.78 is 10.0. The number of hydrogen-bond acceptors (Lipinski definition) is 4. The Morgan fingerprint density at radius 1 is 0.769 bits per heavy atom. The van der Waals surface area contributed by atoms with E-state index in [1.807, 2.05) is 65.8 Å². The largest absolute Gasteiger partial charge is 0.507 e. The molecule has 2 aromatic rings. The monoisotopic (exact) mass is 544 g/mol. The molecule has 26 heavy (non-hydrogen) atoms. The van der Waals surface area contributed by atoms with E-state index in [1.54, 1.807) is 24.3 Å². The van der Waals surface area contributed by atoms with Crippen LogP contribution in [0.1, 0.15) is 57.1 Å². The van der Waals surface area contributed by atoms with Crippen LogP contribution < -0.4 is 0 Å². The molecule has 2 N–H and O–H groups in total. The third-order valence-corrected chi connectivity index (χ3v) is 3.20. The molecule has 0 bridgehead atoms. The van der Waals surface area contributed by atoms with Crippen molar-refractivity contribution in [2.45, 2.75) is 41.5 Å². The number of nitrogens with zero attached hydrogens (tertiary/aromatic N) is 2. The maximum absolute atomic E-state index is 9.75. The molecule has 4 nitrogen and oxygen atoms in total. The van der Waals surface area contributed by atoms with Crippen molar-refractivity contribution in [2.75, 3.05) is 6.67 Å². The minimum absolute atomic E-state index is 0. The first-order valence-corrected chi connectivity index (χ1v) is 8.68. The van der Waals surface area contributed by atoms with Crippen LogP contribution in [0.3, 0.4) is 0 Å². The number of aliphatic imine (C=N–C) groups is 2. The number of para-hydroxylation sites is 2. The molecule has 0 fully saturated rings. The fourth-order valence-electron chi connectivity index (χ4n) is 1.98. The maximum Gasteiger partial charge on any atom is 0.129 e. The minimum atomic E-state index is 0. The summed E-state index contributed by atoms with van der Waals surface area (Å²) in [5.74, 6) is 0.417. The van der Waals surface area contributed by atoms with Gasteiger partial charge in [0.2, 0.25) is 0 Å². The zero-order chi connectivity index (χ0) is 21.2. The van der Waals surface area contributed by atoms with Crippen molar-refractivity contribution in [3.8, 4) is 11.5 Å². The molecule has 0 aliphatic heterocycles. The minimum Gasteiger partial charge on any atom is -0.507 e. The smallest absolute Gasteiger partial charge is 0.129 e. The first kappa shape index (κ1) is 24.1. The quantitative estimate of drug-likeness (QED) is 0.470. The van der Waals surface area contributed by atoms with E-state index in [1.165, 1.54) is 0 Å². The van der Waals surface area contributed by atoms with Gasteiger partial charge in [0.1, 0.15) is 18.2 Å². The van der Waals surface area contributed by atoms with Crippen LogP contribution in [-0.4, -0.2) is 28.3 Å². The van der Waals surface area contributed by atoms with Crippen LogP contribution >= 0.6 is 0 Å². The van der Waals surface area contributed by atoms with Crippen molar-refractivity contribution in [1.82, 2.24) is 0 Å². The Morgan fingerprint density at radius 3 is 1.38 bits per heavy atom. The normalized spacial score (nSPS) is 10.8. The summed E-state index contributed by atoms with van der Waals surface area (Å²) in [6, 6.07) is 14.1. The number of phenols is 2. The average Bonchev–Trinajstić information content (AvgIpc) is 2.73. The van der Waals surface area contributed by atoms with Crippen LogP contribution in [0.4, 0.5) is 0 Å². The summed E-state index contributed by atoms with van der Waals surface area (Å²) in [5, 5.41) is 19.5. The zero-order valence-corrected chi connectivity index (χ0v) is 18.7. The van der Waals surface area contributed by atoms with Gasteiger partial charge in [0, 0.05) is 48.0 Å². The second kappa shape index (κ2) is 15.3. The van der Waals surface area contributed by atoms with E-state index < -0.39 is 0 Å². The second-order valence-corrected chi connectivity index (χ2v) is 4.66. The van der Waals surface area contributed by atoms with Gasteiger partial charge in [0.25, 0.3) is 0 Å². The number of hydrogen-bond donors (Lipinski definition) is 2. The van der Waals surface area contributed by atoms with Crippen LogP contribution in [0.15, 0.2) is 58.5 Å². The molecule has 0 amide bonds. The molecule has 0 heterocycles. The molecule has 5 heteroatoms. The Bertz CT molecular complexity index is 652. The first-order chi connectivity index (χ1) is 13.1. The molecule has 150 valence electrons. The molecule has 0 saturated heterocycles. The van der Waals surface area contributed by atoms with E-state index in [0.29, 0.717) is 11.1 Å². The molecular formula is C21H34N2O2Pt. The van der Waals surface area contributed by atoms with Gasteiger partial charge in [0.05, 0.1) is 0 Å². The zero-order valence-electron chi connectivity index (χ0n) is 18.4. The third-order valence-electron chi connectivity index (χ3n) is 3.20. The van der Waals surface area contributed by atoms with E-state index in [0.717, 1.165) is 11.4 Å². The van der Waals surface area contributed by atoms with Crippen LogP contribution in [0.5, 0.6) is 11.5 Å². The van der Waals surface area contributed by atoms with Gasteiger partial charge in [-0.25, -0.2) is 0 Å². The van der Waals surface area contributed by atoms with Crippen molar-refractivity contribution in [1.29, 1.82) is 0 Å². The van der Waals surface area contributed by atoms with E-state index in [9.17, 15) is 10.2 Å². The van der Waals surface area contributed by atoms with Crippen molar-refractivity contribution in [3.63, 3.8) is 0 Å². The van der Waals surface area contributed by atoms with Crippen LogP contribution in [-0.2, 0) is 21.1 Å². The summed E-state index contributed by atoms with van der Waals surface area (Å²) in [7, 11) is 0. The van der Waals surface area contributed by atoms with Gasteiger partial charge in [-0.05, 0) is 38.1 Å². The molecule has 0 spiro atoms. The third kappa shape index (κ3) is 8.44. The summed E-state index contributed by atoms with van der Waals surface area (Å²) in [6.45, 7) is 11.9. The predicted octanol–water partition coefficient (Wildman–Crippen LogP) is 5.92. The van der Waals surface area contributed by atoms with Crippen LogP contribution in [0.2, 0.25) is 0 Å². The number of aromatic hydroxyl groups is 2. The molecule has 0 unspecified atom stereocenters. The fraction of sp³-hybridized carbons (Fsp3) is 0.333. The Labute approximate surface area is 176 Å². The maximum atomic E-state index is 9.75. The molecule has 0 aromatic heterocycles. The summed E-state index contributed by atoms with van der Waals surface area (Å²) in [4.78, 5) is 8.68. The summed E-state index contributed by atoms with van der Waals surface area (Å²) >= 11 is 0. The molecule has 0 saturated carbocycles. The second-order valence-electron chi connectivity index (χ2n) is 4.66. The number of phenolic OH excluding ortho intramolecular Hbond substituents is 2. The van der Waals surface area contributed by atoms with Crippen LogP contribution in [0.25, 0.3) is 0 Å². The van der Waals surface area contributed by atoms with E-state index >= 15 is 0 Å². The van der Waals surface area contributed by atoms with Crippen molar-refractivity contribution in [3.05, 3.63) is 59.7 Å². The summed E-state index contributed by atoms with van der Waals surface area (Å²) in [5.41, 5.74) is 2.85. The Morgan fingerprint density at radius 2 is 1.08 bits per heavy atom. The van der Waals surface area contributed by atoms with Gasteiger partial charge >= 0.3 is 0 Å². The molecule has 2 rings (SSSR count). The molecule has 0 atom stereocenters. The number of benzene rings is 2. The van der Waals surface area contributed by atoms with Gasteiger partial charge in [-0.1, -0.05) is 52.0 Å². The standard InChI is InChI=1S/C17H18N2O2.2C2H6.Pt.2H2/c1-12(14-7-3-5-9-16(14)20)18-11-19-13(2)15-8-4-6-10-17(15)21;2*1-2;;;/h3-10,20-21H,11H2,1-2H3;2*1-2H3;;2*1H/i;;;;1+1D;1+1. The molecule has 2 aromatic carbocycles. The topological polar surface area (TPSA) is 65.2 Å². The van der Waals surface area contributed by atoms with Gasteiger partial charge in [-0.15, -0.1) is 0 Å². The van der Waals surface area contributed by atoms with Gasteiger partial charge in [-0.2, -0.15) is 0 Å². The van der Waals surface area contributed by atoms with Crippen molar-refractivity contribution in [2.24, 2.45) is 9.98 Å². The van der Waals surface area contributed by atoms with Gasteiger partial charge in [-0.3, -0.25) is 9.98 Å². The number of rotatable bonds is 4.